The SMILES string of the molecule is BrCCN(CCN1CCCC1)C1CC1. The van der Waals surface area contributed by atoms with Gasteiger partial charge < -0.3 is 4.90 Å². The van der Waals surface area contributed by atoms with E-state index in [0.29, 0.717) is 0 Å². The zero-order valence-electron chi connectivity index (χ0n) is 8.92. The number of alkyl halides is 1. The number of hydrogen-bond acceptors (Lipinski definition) is 2. The largest absolute Gasteiger partial charge is 0.302 e. The van der Waals surface area contributed by atoms with Gasteiger partial charge in [-0.25, -0.2) is 0 Å². The van der Waals surface area contributed by atoms with Gasteiger partial charge in [0.05, 0.1) is 0 Å². The highest BCUT2D eigenvalue weighted by Crippen LogP contribution is 2.26. The van der Waals surface area contributed by atoms with Crippen LogP contribution in [0.5, 0.6) is 0 Å². The molecule has 1 aliphatic heterocycles. The topological polar surface area (TPSA) is 6.48 Å². The zero-order valence-corrected chi connectivity index (χ0v) is 10.5. The molecule has 0 aromatic rings. The second-order valence-corrected chi connectivity index (χ2v) is 5.30. The maximum absolute atomic E-state index is 3.54. The molecule has 0 atom stereocenters. The maximum Gasteiger partial charge on any atom is 0.0159 e. The Kier molecular flexibility index (Phi) is 4.26. The van der Waals surface area contributed by atoms with Gasteiger partial charge in [0.25, 0.3) is 0 Å². The first-order valence-corrected chi connectivity index (χ1v) is 7.04. The smallest absolute Gasteiger partial charge is 0.0159 e. The van der Waals surface area contributed by atoms with Crippen LogP contribution < -0.4 is 0 Å². The number of hydrogen-bond donors (Lipinski definition) is 0. The molecule has 1 heterocycles. The molecule has 0 aromatic heterocycles. The third-order valence-corrected chi connectivity index (χ3v) is 3.69. The Labute approximate surface area is 95.8 Å². The third-order valence-electron chi connectivity index (χ3n) is 3.34. The van der Waals surface area contributed by atoms with E-state index in [9.17, 15) is 0 Å². The van der Waals surface area contributed by atoms with Gasteiger partial charge in [-0.05, 0) is 38.8 Å². The first-order chi connectivity index (χ1) is 6.90. The molecule has 1 saturated carbocycles. The highest BCUT2D eigenvalue weighted by Gasteiger charge is 2.28. The first-order valence-electron chi connectivity index (χ1n) is 5.92. The van der Waals surface area contributed by atoms with Crippen LogP contribution in [0.15, 0.2) is 0 Å². The van der Waals surface area contributed by atoms with E-state index in [1.54, 1.807) is 0 Å². The van der Waals surface area contributed by atoms with Gasteiger partial charge in [-0.2, -0.15) is 0 Å². The summed E-state index contributed by atoms with van der Waals surface area (Å²) < 4.78 is 0. The summed E-state index contributed by atoms with van der Waals surface area (Å²) in [7, 11) is 0. The molecular weight excluding hydrogens is 240 g/mol. The summed E-state index contributed by atoms with van der Waals surface area (Å²) in [4.78, 5) is 5.27. The van der Waals surface area contributed by atoms with E-state index in [1.807, 2.05) is 0 Å². The van der Waals surface area contributed by atoms with Crippen LogP contribution in [0.1, 0.15) is 25.7 Å². The van der Waals surface area contributed by atoms with Crippen molar-refractivity contribution in [2.24, 2.45) is 0 Å². The highest BCUT2D eigenvalue weighted by atomic mass is 79.9. The summed E-state index contributed by atoms with van der Waals surface area (Å²) in [5.74, 6) is 0. The molecule has 14 heavy (non-hydrogen) atoms. The van der Waals surface area contributed by atoms with Gasteiger partial charge >= 0.3 is 0 Å². The van der Waals surface area contributed by atoms with Crippen LogP contribution in [0.4, 0.5) is 0 Å². The Bertz CT molecular complexity index is 165. The number of halogens is 1. The quantitative estimate of drug-likeness (QED) is 0.674. The minimum Gasteiger partial charge on any atom is -0.302 e. The van der Waals surface area contributed by atoms with Crippen molar-refractivity contribution in [1.29, 1.82) is 0 Å². The van der Waals surface area contributed by atoms with E-state index in [-0.39, 0.29) is 0 Å². The predicted octanol–water partition coefficient (Wildman–Crippen LogP) is 1.94. The van der Waals surface area contributed by atoms with Gasteiger partial charge in [-0.3, -0.25) is 4.90 Å². The second kappa shape index (κ2) is 5.47. The van der Waals surface area contributed by atoms with Crippen molar-refractivity contribution < 1.29 is 0 Å². The summed E-state index contributed by atoms with van der Waals surface area (Å²) in [5, 5.41) is 1.13. The van der Waals surface area contributed by atoms with Crippen LogP contribution in [0, 0.1) is 0 Å². The van der Waals surface area contributed by atoms with Crippen molar-refractivity contribution in [3.63, 3.8) is 0 Å². The van der Waals surface area contributed by atoms with E-state index in [1.165, 1.54) is 58.4 Å². The molecule has 82 valence electrons. The Hall–Kier alpha value is 0.400. The van der Waals surface area contributed by atoms with E-state index in [0.717, 1.165) is 11.4 Å². The first kappa shape index (κ1) is 10.9. The van der Waals surface area contributed by atoms with Crippen molar-refractivity contribution in [3.8, 4) is 0 Å². The van der Waals surface area contributed by atoms with Crippen molar-refractivity contribution in [3.05, 3.63) is 0 Å². The van der Waals surface area contributed by atoms with E-state index >= 15 is 0 Å². The molecular formula is C11H21BrN2. The average molecular weight is 261 g/mol. The molecule has 0 amide bonds. The molecule has 0 N–H and O–H groups in total. The normalized spacial score (nSPS) is 23.6. The van der Waals surface area contributed by atoms with Gasteiger partial charge in [-0.1, -0.05) is 15.9 Å². The molecule has 0 radical (unpaired) electrons. The molecule has 2 rings (SSSR count). The third kappa shape index (κ3) is 3.21. The fourth-order valence-electron chi connectivity index (χ4n) is 2.30. The molecule has 2 nitrogen and oxygen atoms in total. The lowest BCUT2D eigenvalue weighted by atomic mass is 10.4. The predicted molar refractivity (Wildman–Crippen MR) is 64.1 cm³/mol. The van der Waals surface area contributed by atoms with Gasteiger partial charge in [0.15, 0.2) is 0 Å². The molecule has 3 heteroatoms. The van der Waals surface area contributed by atoms with Crippen molar-refractivity contribution in [1.82, 2.24) is 9.80 Å². The molecule has 1 saturated heterocycles. The number of likely N-dealkylation sites (tertiary alicyclic amines) is 1. The monoisotopic (exact) mass is 260 g/mol. The van der Waals surface area contributed by atoms with Crippen LogP contribution in [0.25, 0.3) is 0 Å². The van der Waals surface area contributed by atoms with Gasteiger partial charge in [-0.15, -0.1) is 0 Å². The highest BCUT2D eigenvalue weighted by molar-refractivity contribution is 9.09. The fourth-order valence-corrected chi connectivity index (χ4v) is 2.76. The van der Waals surface area contributed by atoms with Gasteiger partial charge in [0, 0.05) is 31.0 Å². The van der Waals surface area contributed by atoms with Crippen molar-refractivity contribution >= 4 is 15.9 Å². The van der Waals surface area contributed by atoms with E-state index < -0.39 is 0 Å². The van der Waals surface area contributed by atoms with Gasteiger partial charge in [0.2, 0.25) is 0 Å². The van der Waals surface area contributed by atoms with E-state index in [4.69, 9.17) is 0 Å². The molecule has 0 spiro atoms. The van der Waals surface area contributed by atoms with Crippen molar-refractivity contribution in [2.45, 2.75) is 31.7 Å². The fraction of sp³-hybridized carbons (Fsp3) is 1.00. The molecule has 1 aliphatic carbocycles. The summed E-state index contributed by atoms with van der Waals surface area (Å²) in [6.07, 6.45) is 5.71. The lowest BCUT2D eigenvalue weighted by Gasteiger charge is -2.24. The van der Waals surface area contributed by atoms with Crippen LogP contribution in [0.3, 0.4) is 0 Å². The summed E-state index contributed by atoms with van der Waals surface area (Å²) >= 11 is 3.54. The zero-order chi connectivity index (χ0) is 9.80. The van der Waals surface area contributed by atoms with E-state index in [2.05, 4.69) is 25.7 Å². The molecule has 0 unspecified atom stereocenters. The minimum absolute atomic E-state index is 0.926. The van der Waals surface area contributed by atoms with Gasteiger partial charge in [0.1, 0.15) is 0 Å². The van der Waals surface area contributed by atoms with Crippen LogP contribution >= 0.6 is 15.9 Å². The summed E-state index contributed by atoms with van der Waals surface area (Å²) in [6, 6.07) is 0.926. The lowest BCUT2D eigenvalue weighted by Crippen LogP contribution is -2.36. The van der Waals surface area contributed by atoms with Crippen LogP contribution in [-0.2, 0) is 0 Å². The average Bonchev–Trinajstić information content (AvgIpc) is 2.90. The number of nitrogens with zero attached hydrogens (tertiary/aromatic N) is 2. The van der Waals surface area contributed by atoms with Crippen LogP contribution in [-0.4, -0.2) is 53.9 Å². The summed E-state index contributed by atoms with van der Waals surface area (Å²) in [6.45, 7) is 6.50. The minimum atomic E-state index is 0.926. The molecule has 0 aromatic carbocycles. The summed E-state index contributed by atoms with van der Waals surface area (Å²) in [5.41, 5.74) is 0. The Morgan fingerprint density at radius 1 is 1.14 bits per heavy atom. The molecule has 2 aliphatic rings. The molecule has 2 fully saturated rings. The van der Waals surface area contributed by atoms with Crippen molar-refractivity contribution in [2.75, 3.05) is 38.1 Å². The maximum atomic E-state index is 3.54. The standard InChI is InChI=1S/C11H21BrN2/c12-5-8-14(11-3-4-11)10-9-13-6-1-2-7-13/h11H,1-10H2. The Morgan fingerprint density at radius 2 is 1.86 bits per heavy atom. The Balaban J connectivity index is 1.65. The molecule has 0 bridgehead atoms. The number of rotatable bonds is 6. The second-order valence-electron chi connectivity index (χ2n) is 4.50. The van der Waals surface area contributed by atoms with Crippen LogP contribution in [0.2, 0.25) is 0 Å². The Morgan fingerprint density at radius 3 is 2.43 bits per heavy atom. The lowest BCUT2D eigenvalue weighted by molar-refractivity contribution is 0.227.